The number of nitrogens with one attached hydrogen (secondary N) is 2. The Hall–Kier alpha value is -1.95. The minimum Gasteiger partial charge on any atom is -0.499 e. The highest BCUT2D eigenvalue weighted by Gasteiger charge is 2.28. The molecule has 4 rings (SSSR count). The Bertz CT molecular complexity index is 761. The lowest BCUT2D eigenvalue weighted by atomic mass is 10.0. The van der Waals surface area contributed by atoms with Crippen molar-refractivity contribution in [3.05, 3.63) is 53.7 Å². The maximum absolute atomic E-state index is 14.6. The summed E-state index contributed by atoms with van der Waals surface area (Å²) in [6, 6.07) is 5.78. The van der Waals surface area contributed by atoms with Crippen molar-refractivity contribution in [3.63, 3.8) is 0 Å². The van der Waals surface area contributed by atoms with Crippen molar-refractivity contribution in [2.45, 2.75) is 42.8 Å². The molecule has 2 unspecified atom stereocenters. The highest BCUT2D eigenvalue weighted by atomic mass is 32.2. The number of nitrogens with zero attached hydrogens (tertiary/aromatic N) is 1. The van der Waals surface area contributed by atoms with Crippen LogP contribution >= 0.6 is 11.8 Å². The van der Waals surface area contributed by atoms with Crippen molar-refractivity contribution in [2.75, 3.05) is 5.32 Å². The van der Waals surface area contributed by atoms with E-state index in [1.807, 2.05) is 12.1 Å². The van der Waals surface area contributed by atoms with Gasteiger partial charge in [-0.2, -0.15) is 16.9 Å². The van der Waals surface area contributed by atoms with E-state index in [0.717, 1.165) is 47.6 Å². The third-order valence-electron chi connectivity index (χ3n) is 4.82. The number of fused-ring (bicyclic) bond motifs is 1. The molecule has 4 nitrogen and oxygen atoms in total. The van der Waals surface area contributed by atoms with Crippen LogP contribution in [0.3, 0.4) is 0 Å². The van der Waals surface area contributed by atoms with Gasteiger partial charge in [-0.3, -0.25) is 5.10 Å². The molecular formula is C18H20FN3OS. The topological polar surface area (TPSA) is 49.9 Å². The fraction of sp³-hybridized carbons (Fsp3) is 0.389. The third-order valence-corrected chi connectivity index (χ3v) is 5.83. The van der Waals surface area contributed by atoms with Gasteiger partial charge in [-0.1, -0.05) is 12.6 Å². The molecule has 0 spiro atoms. The van der Waals surface area contributed by atoms with Gasteiger partial charge in [0, 0.05) is 34.7 Å². The zero-order chi connectivity index (χ0) is 16.5. The maximum Gasteiger partial charge on any atom is 0.152 e. The van der Waals surface area contributed by atoms with E-state index in [-0.39, 0.29) is 11.9 Å². The van der Waals surface area contributed by atoms with Crippen LogP contribution in [0.1, 0.15) is 42.0 Å². The molecule has 0 saturated heterocycles. The van der Waals surface area contributed by atoms with Gasteiger partial charge in [0.1, 0.15) is 0 Å². The van der Waals surface area contributed by atoms with Gasteiger partial charge in [0.25, 0.3) is 0 Å². The standard InChI is InChI=1S/C18H20FN3OS/c1-2-23-13-5-3-11(7-13)16-8-17(22-21-16)20-15-6-4-12-9-24-10-14(12)18(15)19/h2,4,6,8,11,13H,1,3,5,7,9-10H2,(H2,20,21,22). The number of benzene rings is 1. The van der Waals surface area contributed by atoms with E-state index in [9.17, 15) is 4.39 Å². The van der Waals surface area contributed by atoms with E-state index in [1.54, 1.807) is 17.8 Å². The molecule has 0 bridgehead atoms. The zero-order valence-corrected chi connectivity index (χ0v) is 14.2. The second-order valence-corrected chi connectivity index (χ2v) is 7.31. The molecular weight excluding hydrogens is 325 g/mol. The first-order valence-electron chi connectivity index (χ1n) is 8.21. The quantitative estimate of drug-likeness (QED) is 0.762. The summed E-state index contributed by atoms with van der Waals surface area (Å²) >= 11 is 1.75. The van der Waals surface area contributed by atoms with Crippen molar-refractivity contribution in [1.82, 2.24) is 10.2 Å². The van der Waals surface area contributed by atoms with Crippen LogP contribution in [0.2, 0.25) is 0 Å². The van der Waals surface area contributed by atoms with E-state index >= 15 is 0 Å². The fourth-order valence-electron chi connectivity index (χ4n) is 3.54. The van der Waals surface area contributed by atoms with Gasteiger partial charge in [0.05, 0.1) is 18.1 Å². The van der Waals surface area contributed by atoms with E-state index in [0.29, 0.717) is 17.4 Å². The first kappa shape index (κ1) is 15.6. The van der Waals surface area contributed by atoms with Gasteiger partial charge in [-0.25, -0.2) is 4.39 Å². The monoisotopic (exact) mass is 345 g/mol. The fourth-order valence-corrected chi connectivity index (χ4v) is 4.65. The van der Waals surface area contributed by atoms with E-state index in [4.69, 9.17) is 4.74 Å². The molecule has 126 valence electrons. The summed E-state index contributed by atoms with van der Waals surface area (Å²) in [5.41, 5.74) is 3.49. The predicted molar refractivity (Wildman–Crippen MR) is 94.9 cm³/mol. The normalized spacial score (nSPS) is 22.4. The van der Waals surface area contributed by atoms with Crippen LogP contribution < -0.4 is 5.32 Å². The molecule has 2 aromatic rings. The Morgan fingerprint density at radius 3 is 3.17 bits per heavy atom. The Labute approximate surface area is 144 Å². The summed E-state index contributed by atoms with van der Waals surface area (Å²) in [5, 5.41) is 10.5. The Balaban J connectivity index is 1.47. The molecule has 0 radical (unpaired) electrons. The molecule has 2 aliphatic rings. The van der Waals surface area contributed by atoms with Crippen molar-refractivity contribution >= 4 is 23.3 Å². The van der Waals surface area contributed by atoms with Gasteiger partial charge in [0.15, 0.2) is 11.6 Å². The van der Waals surface area contributed by atoms with Crippen molar-refractivity contribution in [3.8, 4) is 0 Å². The SMILES string of the molecule is C=COC1CCC(c2cc(Nc3ccc4c(c3F)CSC4)n[nH]2)C1. The number of aromatic amines is 1. The molecule has 1 fully saturated rings. The van der Waals surface area contributed by atoms with E-state index in [1.165, 1.54) is 6.26 Å². The Morgan fingerprint density at radius 1 is 1.38 bits per heavy atom. The maximum atomic E-state index is 14.6. The molecule has 2 N–H and O–H groups in total. The number of ether oxygens (including phenoxy) is 1. The molecule has 0 amide bonds. The highest BCUT2D eigenvalue weighted by Crippen LogP contribution is 2.37. The predicted octanol–water partition coefficient (Wildman–Crippen LogP) is 4.84. The summed E-state index contributed by atoms with van der Waals surface area (Å²) in [5.74, 6) is 2.55. The van der Waals surface area contributed by atoms with Gasteiger partial charge < -0.3 is 10.1 Å². The van der Waals surface area contributed by atoms with Crippen molar-refractivity contribution < 1.29 is 9.13 Å². The first-order chi connectivity index (χ1) is 11.7. The number of hydrogen-bond acceptors (Lipinski definition) is 4. The lowest BCUT2D eigenvalue weighted by Gasteiger charge is -2.09. The largest absolute Gasteiger partial charge is 0.499 e. The third kappa shape index (κ3) is 2.90. The Kier molecular flexibility index (Phi) is 4.22. The van der Waals surface area contributed by atoms with Crippen LogP contribution in [0.15, 0.2) is 31.0 Å². The van der Waals surface area contributed by atoms with Crippen LogP contribution in [0.4, 0.5) is 15.9 Å². The smallest absolute Gasteiger partial charge is 0.152 e. The van der Waals surface area contributed by atoms with Crippen LogP contribution in [-0.4, -0.2) is 16.3 Å². The average molecular weight is 345 g/mol. The van der Waals surface area contributed by atoms with E-state index in [2.05, 4.69) is 22.1 Å². The molecule has 1 aromatic heterocycles. The number of thioether (sulfide) groups is 1. The number of anilines is 2. The molecule has 2 atom stereocenters. The van der Waals surface area contributed by atoms with E-state index < -0.39 is 0 Å². The molecule has 2 heterocycles. The van der Waals surface area contributed by atoms with Gasteiger partial charge in [-0.05, 0) is 30.9 Å². The lowest BCUT2D eigenvalue weighted by molar-refractivity contribution is 0.150. The van der Waals surface area contributed by atoms with Gasteiger partial charge in [0.2, 0.25) is 0 Å². The number of halogens is 1. The first-order valence-corrected chi connectivity index (χ1v) is 9.36. The van der Waals surface area contributed by atoms with Gasteiger partial charge >= 0.3 is 0 Å². The zero-order valence-electron chi connectivity index (χ0n) is 13.3. The van der Waals surface area contributed by atoms with Crippen LogP contribution in [0.5, 0.6) is 0 Å². The summed E-state index contributed by atoms with van der Waals surface area (Å²) < 4.78 is 20.0. The minimum absolute atomic E-state index is 0.151. The number of hydrogen-bond donors (Lipinski definition) is 2. The second kappa shape index (κ2) is 6.51. The summed E-state index contributed by atoms with van der Waals surface area (Å²) in [4.78, 5) is 0. The van der Waals surface area contributed by atoms with Crippen LogP contribution in [0.25, 0.3) is 0 Å². The molecule has 1 aliphatic heterocycles. The average Bonchev–Trinajstić information content (AvgIpc) is 3.30. The second-order valence-electron chi connectivity index (χ2n) is 6.33. The molecule has 1 aromatic carbocycles. The lowest BCUT2D eigenvalue weighted by Crippen LogP contribution is -2.03. The summed E-state index contributed by atoms with van der Waals surface area (Å²) in [7, 11) is 0. The number of H-pyrrole nitrogens is 1. The molecule has 1 aliphatic carbocycles. The minimum atomic E-state index is -0.151. The molecule has 24 heavy (non-hydrogen) atoms. The number of aromatic nitrogens is 2. The van der Waals surface area contributed by atoms with Crippen molar-refractivity contribution in [1.29, 1.82) is 0 Å². The van der Waals surface area contributed by atoms with Crippen LogP contribution in [0, 0.1) is 5.82 Å². The van der Waals surface area contributed by atoms with Crippen molar-refractivity contribution in [2.24, 2.45) is 0 Å². The molecule has 6 heteroatoms. The van der Waals surface area contributed by atoms with Gasteiger partial charge in [-0.15, -0.1) is 0 Å². The summed E-state index contributed by atoms with van der Waals surface area (Å²) in [6.07, 6.45) is 4.79. The Morgan fingerprint density at radius 2 is 2.29 bits per heavy atom. The molecule has 1 saturated carbocycles. The van der Waals surface area contributed by atoms with Crippen LogP contribution in [-0.2, 0) is 16.2 Å². The highest BCUT2D eigenvalue weighted by molar-refractivity contribution is 7.98. The summed E-state index contributed by atoms with van der Waals surface area (Å²) in [6.45, 7) is 3.62. The number of rotatable bonds is 5.